The van der Waals surface area contributed by atoms with Gasteiger partial charge in [0.05, 0.1) is 11.2 Å². The molecule has 0 unspecified atom stereocenters. The average Bonchev–Trinajstić information content (AvgIpc) is 3.21. The molecule has 2 aromatic rings. The summed E-state index contributed by atoms with van der Waals surface area (Å²) in [6, 6.07) is 7.20. The average molecular weight is 360 g/mol. The Morgan fingerprint density at radius 2 is 1.92 bits per heavy atom. The van der Waals surface area contributed by atoms with E-state index < -0.39 is 10.8 Å². The molecule has 2 heterocycles. The summed E-state index contributed by atoms with van der Waals surface area (Å²) in [7, 11) is 0. The highest BCUT2D eigenvalue weighted by atomic mass is 16.6. The number of carbonyl (C=O) groups excluding carboxylic acids is 2. The molecule has 1 fully saturated rings. The highest BCUT2D eigenvalue weighted by Crippen LogP contribution is 2.30. The van der Waals surface area contributed by atoms with Gasteiger partial charge in [0, 0.05) is 37.8 Å². The van der Waals surface area contributed by atoms with Crippen molar-refractivity contribution in [2.24, 2.45) is 0 Å². The zero-order chi connectivity index (χ0) is 18.7. The molecule has 0 spiro atoms. The van der Waals surface area contributed by atoms with Crippen LogP contribution in [0.25, 0.3) is 0 Å². The summed E-state index contributed by atoms with van der Waals surface area (Å²) in [5, 5.41) is 20.0. The predicted octanol–water partition coefficient (Wildman–Crippen LogP) is 1.27. The molecule has 3 rings (SSSR count). The Morgan fingerprint density at radius 1 is 1.19 bits per heavy atom. The molecule has 26 heavy (non-hydrogen) atoms. The van der Waals surface area contributed by atoms with E-state index in [4.69, 9.17) is 9.62 Å². The van der Waals surface area contributed by atoms with Crippen LogP contribution in [0.1, 0.15) is 20.9 Å². The fourth-order valence-corrected chi connectivity index (χ4v) is 2.85. The van der Waals surface area contributed by atoms with Gasteiger partial charge in [0.2, 0.25) is 0 Å². The van der Waals surface area contributed by atoms with Crippen LogP contribution >= 0.6 is 0 Å². The van der Waals surface area contributed by atoms with E-state index in [1.165, 1.54) is 23.9 Å². The van der Waals surface area contributed by atoms with Gasteiger partial charge in [0.25, 0.3) is 17.5 Å². The van der Waals surface area contributed by atoms with E-state index in [1.807, 2.05) is 0 Å². The summed E-state index contributed by atoms with van der Waals surface area (Å²) in [6.45, 7) is 1.57. The summed E-state index contributed by atoms with van der Waals surface area (Å²) in [5.41, 5.74) is 1.55. The molecule has 0 radical (unpaired) electrons. The van der Waals surface area contributed by atoms with Crippen LogP contribution in [-0.2, 0) is 0 Å². The molecule has 10 heteroatoms. The fraction of sp³-hybridized carbons (Fsp3) is 0.250. The van der Waals surface area contributed by atoms with E-state index in [2.05, 4.69) is 0 Å². The van der Waals surface area contributed by atoms with Gasteiger partial charge in [0.15, 0.2) is 5.76 Å². The van der Waals surface area contributed by atoms with Crippen LogP contribution in [0.2, 0.25) is 0 Å². The van der Waals surface area contributed by atoms with Crippen molar-refractivity contribution in [3.63, 3.8) is 0 Å². The minimum atomic E-state index is -0.825. The maximum atomic E-state index is 12.3. The van der Waals surface area contributed by atoms with Gasteiger partial charge in [-0.2, -0.15) is 0 Å². The van der Waals surface area contributed by atoms with Crippen molar-refractivity contribution in [1.82, 2.24) is 10.4 Å². The van der Waals surface area contributed by atoms with Gasteiger partial charge >= 0.3 is 0 Å². The first-order chi connectivity index (χ1) is 12.5. The van der Waals surface area contributed by atoms with Gasteiger partial charge in [0.1, 0.15) is 5.69 Å². The summed E-state index contributed by atoms with van der Waals surface area (Å²) in [4.78, 5) is 37.9. The number of benzene rings is 1. The fourth-order valence-electron chi connectivity index (χ4n) is 2.85. The number of piperazine rings is 1. The molecule has 10 nitrogen and oxygen atoms in total. The van der Waals surface area contributed by atoms with Gasteiger partial charge in [-0.1, -0.05) is 0 Å². The van der Waals surface area contributed by atoms with E-state index in [0.29, 0.717) is 31.9 Å². The van der Waals surface area contributed by atoms with Crippen molar-refractivity contribution < 1.29 is 24.1 Å². The number of nitro groups is 1. The molecule has 2 N–H and O–H groups in total. The molecular formula is C16H16N4O6. The summed E-state index contributed by atoms with van der Waals surface area (Å²) in [5.74, 6) is -0.795. The third-order valence-corrected chi connectivity index (χ3v) is 4.18. The zero-order valence-electron chi connectivity index (χ0n) is 13.6. The monoisotopic (exact) mass is 360 g/mol. The molecule has 1 aromatic heterocycles. The Kier molecular flexibility index (Phi) is 4.85. The van der Waals surface area contributed by atoms with Gasteiger partial charge in [-0.05, 0) is 24.3 Å². The van der Waals surface area contributed by atoms with E-state index in [-0.39, 0.29) is 22.9 Å². The number of hydrogen-bond donors (Lipinski definition) is 2. The SMILES string of the molecule is O=C(NO)c1ccc(N2CCN(C(=O)c3ccco3)CC2)c([N+](=O)[O-])c1. The van der Waals surface area contributed by atoms with Crippen molar-refractivity contribution in [2.75, 3.05) is 31.1 Å². The summed E-state index contributed by atoms with van der Waals surface area (Å²) >= 11 is 0. The Morgan fingerprint density at radius 3 is 2.50 bits per heavy atom. The highest BCUT2D eigenvalue weighted by Gasteiger charge is 2.28. The Bertz CT molecular complexity index is 827. The van der Waals surface area contributed by atoms with Crippen molar-refractivity contribution in [3.8, 4) is 0 Å². The first-order valence-electron chi connectivity index (χ1n) is 7.82. The topological polar surface area (TPSA) is 129 Å². The van der Waals surface area contributed by atoms with Crippen LogP contribution in [0.4, 0.5) is 11.4 Å². The predicted molar refractivity (Wildman–Crippen MR) is 89.2 cm³/mol. The number of nitro benzene ring substituents is 1. The van der Waals surface area contributed by atoms with Crippen molar-refractivity contribution >= 4 is 23.2 Å². The first kappa shape index (κ1) is 17.4. The normalized spacial score (nSPS) is 14.2. The summed E-state index contributed by atoms with van der Waals surface area (Å²) in [6.07, 6.45) is 1.43. The Balaban J connectivity index is 1.75. The second kappa shape index (κ2) is 7.23. The second-order valence-electron chi connectivity index (χ2n) is 5.66. The zero-order valence-corrected chi connectivity index (χ0v) is 13.6. The molecule has 2 amide bonds. The number of rotatable bonds is 4. The van der Waals surface area contributed by atoms with Crippen molar-refractivity contribution in [2.45, 2.75) is 0 Å². The molecule has 1 aromatic carbocycles. The van der Waals surface area contributed by atoms with Gasteiger partial charge in [-0.15, -0.1) is 0 Å². The largest absolute Gasteiger partial charge is 0.459 e. The van der Waals surface area contributed by atoms with Crippen LogP contribution in [0.5, 0.6) is 0 Å². The molecule has 0 saturated carbocycles. The maximum absolute atomic E-state index is 12.3. The summed E-state index contributed by atoms with van der Waals surface area (Å²) < 4.78 is 5.10. The minimum Gasteiger partial charge on any atom is -0.459 e. The standard InChI is InChI=1S/C16H16N4O6/c21-15(17-23)11-3-4-12(13(10-11)20(24)25)18-5-7-19(8-6-18)16(22)14-2-1-9-26-14/h1-4,9-10,23H,5-8H2,(H,17,21). The van der Waals surface area contributed by atoms with Crippen molar-refractivity contribution in [3.05, 3.63) is 58.0 Å². The van der Waals surface area contributed by atoms with Crippen LogP contribution < -0.4 is 10.4 Å². The number of furan rings is 1. The van der Waals surface area contributed by atoms with Crippen LogP contribution in [0.15, 0.2) is 41.0 Å². The Labute approximate surface area is 147 Å². The number of hydroxylamine groups is 1. The van der Waals surface area contributed by atoms with Crippen molar-refractivity contribution in [1.29, 1.82) is 0 Å². The van der Waals surface area contributed by atoms with Crippen LogP contribution in [0, 0.1) is 10.1 Å². The van der Waals surface area contributed by atoms with Gasteiger partial charge in [-0.3, -0.25) is 24.9 Å². The molecule has 0 atom stereocenters. The van der Waals surface area contributed by atoms with Crippen LogP contribution in [-0.4, -0.2) is 53.0 Å². The van der Waals surface area contributed by atoms with E-state index in [1.54, 1.807) is 21.9 Å². The number of carbonyl (C=O) groups is 2. The molecular weight excluding hydrogens is 344 g/mol. The number of amides is 2. The lowest BCUT2D eigenvalue weighted by Crippen LogP contribution is -2.48. The highest BCUT2D eigenvalue weighted by molar-refractivity contribution is 5.95. The van der Waals surface area contributed by atoms with E-state index in [0.717, 1.165) is 6.07 Å². The van der Waals surface area contributed by atoms with Gasteiger partial charge in [-0.25, -0.2) is 5.48 Å². The third kappa shape index (κ3) is 3.35. The molecule has 136 valence electrons. The molecule has 1 aliphatic rings. The molecule has 0 aliphatic carbocycles. The number of nitrogens with one attached hydrogen (secondary N) is 1. The molecule has 1 aliphatic heterocycles. The lowest BCUT2D eigenvalue weighted by molar-refractivity contribution is -0.384. The molecule has 0 bridgehead atoms. The third-order valence-electron chi connectivity index (χ3n) is 4.18. The lowest BCUT2D eigenvalue weighted by atomic mass is 10.1. The van der Waals surface area contributed by atoms with E-state index >= 15 is 0 Å². The first-order valence-corrected chi connectivity index (χ1v) is 7.82. The lowest BCUT2D eigenvalue weighted by Gasteiger charge is -2.35. The quantitative estimate of drug-likeness (QED) is 0.477. The number of anilines is 1. The number of nitrogens with zero attached hydrogens (tertiary/aromatic N) is 3. The van der Waals surface area contributed by atoms with Crippen LogP contribution in [0.3, 0.4) is 0 Å². The Hall–Kier alpha value is -3.40. The minimum absolute atomic E-state index is 0.0189. The van der Waals surface area contributed by atoms with Gasteiger partial charge < -0.3 is 14.2 Å². The van der Waals surface area contributed by atoms with E-state index in [9.17, 15) is 19.7 Å². The molecule has 1 saturated heterocycles. The smallest absolute Gasteiger partial charge is 0.293 e. The maximum Gasteiger partial charge on any atom is 0.293 e. The number of hydrogen-bond acceptors (Lipinski definition) is 7. The second-order valence-corrected chi connectivity index (χ2v) is 5.66.